The normalized spacial score (nSPS) is 11.8. The van der Waals surface area contributed by atoms with Gasteiger partial charge in [-0.2, -0.15) is 13.2 Å². The summed E-state index contributed by atoms with van der Waals surface area (Å²) in [5.74, 6) is -0.535. The summed E-state index contributed by atoms with van der Waals surface area (Å²) < 4.78 is 38.1. The Morgan fingerprint density at radius 1 is 1.41 bits per heavy atom. The van der Waals surface area contributed by atoms with Crippen molar-refractivity contribution in [3.05, 3.63) is 28.2 Å². The fourth-order valence-electron chi connectivity index (χ4n) is 1.88. The number of aliphatic hydroxyl groups is 1. The Morgan fingerprint density at radius 2 is 2.09 bits per heavy atom. The first-order valence-corrected chi connectivity index (χ1v) is 7.46. The van der Waals surface area contributed by atoms with E-state index in [0.717, 1.165) is 10.5 Å². The molecule has 124 valence electrons. The van der Waals surface area contributed by atoms with E-state index in [1.54, 1.807) is 18.2 Å². The number of aryl methyl sites for hydroxylation is 1. The molecule has 8 heteroatoms. The molecule has 0 aliphatic rings. The van der Waals surface area contributed by atoms with Gasteiger partial charge in [-0.05, 0) is 47.0 Å². The quantitative estimate of drug-likeness (QED) is 0.762. The van der Waals surface area contributed by atoms with Gasteiger partial charge in [-0.15, -0.1) is 0 Å². The Balaban J connectivity index is 2.65. The van der Waals surface area contributed by atoms with Crippen LogP contribution in [0.25, 0.3) is 0 Å². The van der Waals surface area contributed by atoms with Crippen LogP contribution in [0, 0.1) is 6.92 Å². The average Bonchev–Trinajstić information content (AvgIpc) is 2.37. The second kappa shape index (κ2) is 8.50. The zero-order valence-electron chi connectivity index (χ0n) is 12.1. The number of nitrogens with one attached hydrogen (secondary N) is 1. The smallest absolute Gasteiger partial charge is 0.396 e. The van der Waals surface area contributed by atoms with Gasteiger partial charge in [0.2, 0.25) is 5.91 Å². The Bertz CT molecular complexity index is 509. The third-order valence-electron chi connectivity index (χ3n) is 2.80. The van der Waals surface area contributed by atoms with Crippen LogP contribution >= 0.6 is 15.9 Å². The van der Waals surface area contributed by atoms with Crippen molar-refractivity contribution < 1.29 is 23.1 Å². The Hall–Kier alpha value is -1.12. The molecule has 0 fully saturated rings. The minimum absolute atomic E-state index is 0.00149. The Morgan fingerprint density at radius 3 is 2.64 bits per heavy atom. The summed E-state index contributed by atoms with van der Waals surface area (Å²) >= 11 is 3.29. The van der Waals surface area contributed by atoms with E-state index in [1.807, 2.05) is 6.92 Å². The van der Waals surface area contributed by atoms with Crippen LogP contribution in [0.3, 0.4) is 0 Å². The minimum atomic E-state index is -4.39. The summed E-state index contributed by atoms with van der Waals surface area (Å²) in [6.07, 6.45) is -4.21. The maximum absolute atomic E-state index is 12.5. The van der Waals surface area contributed by atoms with E-state index in [0.29, 0.717) is 10.2 Å². The van der Waals surface area contributed by atoms with Crippen LogP contribution < -0.4 is 5.32 Å². The first-order valence-electron chi connectivity index (χ1n) is 6.67. The van der Waals surface area contributed by atoms with Gasteiger partial charge < -0.3 is 10.4 Å². The van der Waals surface area contributed by atoms with Crippen LogP contribution in [0.2, 0.25) is 0 Å². The lowest BCUT2D eigenvalue weighted by Crippen LogP contribution is -2.40. The zero-order chi connectivity index (χ0) is 16.8. The van der Waals surface area contributed by atoms with Crippen LogP contribution in [-0.2, 0) is 4.79 Å². The molecule has 0 aliphatic heterocycles. The van der Waals surface area contributed by atoms with E-state index in [4.69, 9.17) is 5.11 Å². The molecule has 0 spiro atoms. The first kappa shape index (κ1) is 18.9. The molecule has 0 aliphatic carbocycles. The van der Waals surface area contributed by atoms with Crippen LogP contribution in [0.1, 0.15) is 12.0 Å². The van der Waals surface area contributed by atoms with Gasteiger partial charge in [0.25, 0.3) is 0 Å². The number of benzene rings is 1. The van der Waals surface area contributed by atoms with Crippen molar-refractivity contribution >= 4 is 27.5 Å². The molecular formula is C14H18BrF3N2O2. The number of amides is 1. The molecule has 22 heavy (non-hydrogen) atoms. The van der Waals surface area contributed by atoms with Crippen LogP contribution in [0.4, 0.5) is 18.9 Å². The third kappa shape index (κ3) is 7.24. The summed E-state index contributed by atoms with van der Waals surface area (Å²) in [6, 6.07) is 5.27. The fraction of sp³-hybridized carbons (Fsp3) is 0.500. The van der Waals surface area contributed by atoms with Crippen molar-refractivity contribution in [3.8, 4) is 0 Å². The molecule has 0 heterocycles. The van der Waals surface area contributed by atoms with Gasteiger partial charge in [0.15, 0.2) is 0 Å². The van der Waals surface area contributed by atoms with E-state index in [9.17, 15) is 18.0 Å². The lowest BCUT2D eigenvalue weighted by Gasteiger charge is -2.22. The molecular weight excluding hydrogens is 365 g/mol. The van der Waals surface area contributed by atoms with Crippen LogP contribution in [-0.4, -0.2) is 48.3 Å². The molecule has 0 bridgehead atoms. The van der Waals surface area contributed by atoms with Gasteiger partial charge in [0, 0.05) is 17.6 Å². The van der Waals surface area contributed by atoms with Gasteiger partial charge in [-0.3, -0.25) is 9.69 Å². The molecule has 0 atom stereocenters. The topological polar surface area (TPSA) is 52.6 Å². The predicted octanol–water partition coefficient (Wildman–Crippen LogP) is 2.94. The molecule has 4 nitrogen and oxygen atoms in total. The summed E-state index contributed by atoms with van der Waals surface area (Å²) in [5.41, 5.74) is 1.50. The van der Waals surface area contributed by atoms with E-state index in [-0.39, 0.29) is 26.1 Å². The maximum Gasteiger partial charge on any atom is 0.401 e. The number of nitrogens with zero attached hydrogens (tertiary/aromatic N) is 1. The lowest BCUT2D eigenvalue weighted by molar-refractivity contribution is -0.148. The number of halogens is 4. The van der Waals surface area contributed by atoms with Crippen molar-refractivity contribution in [1.82, 2.24) is 4.90 Å². The standard InChI is InChI=1S/C14H18BrF3N2O2/c1-10-3-4-12(11(15)7-10)19-13(22)8-20(5-2-6-21)9-14(16,17)18/h3-4,7,21H,2,5-6,8-9H2,1H3,(H,19,22). The number of hydrogen-bond donors (Lipinski definition) is 2. The molecule has 2 N–H and O–H groups in total. The van der Waals surface area contributed by atoms with Crippen molar-refractivity contribution in [3.63, 3.8) is 0 Å². The molecule has 0 aromatic heterocycles. The third-order valence-corrected chi connectivity index (χ3v) is 3.46. The van der Waals surface area contributed by atoms with E-state index < -0.39 is 18.6 Å². The summed E-state index contributed by atoms with van der Waals surface area (Å²) in [4.78, 5) is 12.9. The summed E-state index contributed by atoms with van der Waals surface area (Å²) in [7, 11) is 0. The van der Waals surface area contributed by atoms with E-state index in [1.165, 1.54) is 0 Å². The number of hydrogen-bond acceptors (Lipinski definition) is 3. The predicted molar refractivity (Wildman–Crippen MR) is 81.7 cm³/mol. The number of carbonyl (C=O) groups is 1. The number of aliphatic hydroxyl groups excluding tert-OH is 1. The number of carbonyl (C=O) groups excluding carboxylic acids is 1. The zero-order valence-corrected chi connectivity index (χ0v) is 13.7. The number of rotatable bonds is 7. The SMILES string of the molecule is Cc1ccc(NC(=O)CN(CCCO)CC(F)(F)F)c(Br)c1. The van der Waals surface area contributed by atoms with Crippen molar-refractivity contribution in [1.29, 1.82) is 0 Å². The summed E-state index contributed by atoms with van der Waals surface area (Å²) in [6.45, 7) is 0.0869. The van der Waals surface area contributed by atoms with Gasteiger partial charge in [0.1, 0.15) is 0 Å². The molecule has 0 radical (unpaired) electrons. The van der Waals surface area contributed by atoms with Gasteiger partial charge in [-0.1, -0.05) is 6.07 Å². The van der Waals surface area contributed by atoms with Crippen LogP contribution in [0.5, 0.6) is 0 Å². The molecule has 1 aromatic carbocycles. The lowest BCUT2D eigenvalue weighted by atomic mass is 10.2. The Kier molecular flexibility index (Phi) is 7.31. The van der Waals surface area contributed by atoms with Gasteiger partial charge in [-0.25, -0.2) is 0 Å². The highest BCUT2D eigenvalue weighted by molar-refractivity contribution is 9.10. The number of anilines is 1. The number of alkyl halides is 3. The monoisotopic (exact) mass is 382 g/mol. The highest BCUT2D eigenvalue weighted by Gasteiger charge is 2.31. The van der Waals surface area contributed by atoms with Crippen molar-refractivity contribution in [2.24, 2.45) is 0 Å². The second-order valence-electron chi connectivity index (χ2n) is 4.93. The van der Waals surface area contributed by atoms with E-state index >= 15 is 0 Å². The van der Waals surface area contributed by atoms with E-state index in [2.05, 4.69) is 21.2 Å². The van der Waals surface area contributed by atoms with Gasteiger partial charge in [0.05, 0.1) is 18.8 Å². The second-order valence-corrected chi connectivity index (χ2v) is 5.79. The van der Waals surface area contributed by atoms with Crippen molar-refractivity contribution in [2.75, 3.05) is 31.6 Å². The summed E-state index contributed by atoms with van der Waals surface area (Å²) in [5, 5.41) is 11.3. The highest BCUT2D eigenvalue weighted by Crippen LogP contribution is 2.23. The average molecular weight is 383 g/mol. The molecule has 0 unspecified atom stereocenters. The van der Waals surface area contributed by atoms with Crippen molar-refractivity contribution in [2.45, 2.75) is 19.5 Å². The molecule has 1 aromatic rings. The fourth-order valence-corrected chi connectivity index (χ4v) is 2.47. The molecule has 1 rings (SSSR count). The van der Waals surface area contributed by atoms with Gasteiger partial charge >= 0.3 is 6.18 Å². The maximum atomic E-state index is 12.5. The minimum Gasteiger partial charge on any atom is -0.396 e. The molecule has 0 saturated heterocycles. The Labute approximate surface area is 135 Å². The largest absolute Gasteiger partial charge is 0.401 e. The first-order chi connectivity index (χ1) is 10.2. The molecule has 1 amide bonds. The molecule has 0 saturated carbocycles. The highest BCUT2D eigenvalue weighted by atomic mass is 79.9. The van der Waals surface area contributed by atoms with Crippen LogP contribution in [0.15, 0.2) is 22.7 Å².